The van der Waals surface area contributed by atoms with Gasteiger partial charge in [0, 0.05) is 0 Å². The van der Waals surface area contributed by atoms with E-state index in [9.17, 15) is 0 Å². The van der Waals surface area contributed by atoms with Crippen LogP contribution in [0.25, 0.3) is 0 Å². The van der Waals surface area contributed by atoms with Gasteiger partial charge in [0.25, 0.3) is 0 Å². The minimum absolute atomic E-state index is 0. The molecule has 0 saturated carbocycles. The van der Waals surface area contributed by atoms with E-state index in [0.29, 0.717) is 0 Å². The summed E-state index contributed by atoms with van der Waals surface area (Å²) in [5.74, 6) is 0. The van der Waals surface area contributed by atoms with Crippen molar-refractivity contribution in [3.8, 4) is 0 Å². The highest BCUT2D eigenvalue weighted by atomic mass is 35.5. The molecule has 52 valence electrons. The quantitative estimate of drug-likeness (QED) is 0.615. The lowest BCUT2D eigenvalue weighted by Gasteiger charge is -2.08. The van der Waals surface area contributed by atoms with Gasteiger partial charge < -0.3 is 10.4 Å². The van der Waals surface area contributed by atoms with Gasteiger partial charge in [-0.1, -0.05) is 23.2 Å². The SMILES string of the molecule is CNCC(O)(Cl)Cl.Cl. The van der Waals surface area contributed by atoms with Crippen molar-refractivity contribution in [1.82, 2.24) is 5.32 Å². The van der Waals surface area contributed by atoms with E-state index in [1.165, 1.54) is 0 Å². The van der Waals surface area contributed by atoms with Gasteiger partial charge in [-0.05, 0) is 7.05 Å². The summed E-state index contributed by atoms with van der Waals surface area (Å²) in [6.45, 7) is 0.177. The summed E-state index contributed by atoms with van der Waals surface area (Å²) in [5.41, 5.74) is 0. The van der Waals surface area contributed by atoms with Crippen molar-refractivity contribution >= 4 is 35.6 Å². The maximum absolute atomic E-state index is 8.49. The summed E-state index contributed by atoms with van der Waals surface area (Å²) in [4.78, 5) is 0. The summed E-state index contributed by atoms with van der Waals surface area (Å²) in [6.07, 6.45) is 0. The van der Waals surface area contributed by atoms with E-state index in [1.807, 2.05) is 0 Å². The zero-order valence-electron chi connectivity index (χ0n) is 4.32. The van der Waals surface area contributed by atoms with E-state index in [2.05, 4.69) is 5.32 Å². The molecule has 0 aliphatic carbocycles. The standard InChI is InChI=1S/C3H7Cl2NO.ClH/c1-6-2-3(4,5)7;/h6-7H,2H2,1H3;1H. The first-order valence-electron chi connectivity index (χ1n) is 1.81. The molecule has 0 bridgehead atoms. The number of hydrogen-bond donors (Lipinski definition) is 2. The predicted molar refractivity (Wildman–Crippen MR) is 37.8 cm³/mol. The van der Waals surface area contributed by atoms with Crippen molar-refractivity contribution in [3.63, 3.8) is 0 Å². The number of hydrogen-bond acceptors (Lipinski definition) is 2. The largest absolute Gasteiger partial charge is 0.362 e. The summed E-state index contributed by atoms with van der Waals surface area (Å²) in [5, 5.41) is 11.1. The molecule has 2 nitrogen and oxygen atoms in total. The summed E-state index contributed by atoms with van der Waals surface area (Å²) < 4.78 is -1.62. The highest BCUT2D eigenvalue weighted by molar-refractivity contribution is 6.47. The number of aliphatic hydroxyl groups is 1. The summed E-state index contributed by atoms with van der Waals surface area (Å²) >= 11 is 10.2. The number of nitrogens with one attached hydrogen (secondary N) is 1. The topological polar surface area (TPSA) is 32.3 Å². The van der Waals surface area contributed by atoms with Crippen LogP contribution in [0.5, 0.6) is 0 Å². The lowest BCUT2D eigenvalue weighted by Crippen LogP contribution is -2.27. The summed E-state index contributed by atoms with van der Waals surface area (Å²) in [7, 11) is 1.65. The Morgan fingerprint density at radius 2 is 2.00 bits per heavy atom. The van der Waals surface area contributed by atoms with Gasteiger partial charge in [-0.2, -0.15) is 0 Å². The third-order valence-electron chi connectivity index (χ3n) is 0.389. The van der Waals surface area contributed by atoms with Crippen molar-refractivity contribution in [2.45, 2.75) is 4.52 Å². The van der Waals surface area contributed by atoms with Gasteiger partial charge in [-0.25, -0.2) is 0 Å². The van der Waals surface area contributed by atoms with Gasteiger partial charge in [-0.3, -0.25) is 0 Å². The van der Waals surface area contributed by atoms with Crippen LogP contribution in [-0.4, -0.2) is 23.2 Å². The molecule has 0 heterocycles. The minimum atomic E-state index is -1.62. The van der Waals surface area contributed by atoms with E-state index in [4.69, 9.17) is 28.3 Å². The Balaban J connectivity index is 0. The van der Waals surface area contributed by atoms with Gasteiger partial charge in [0.1, 0.15) is 0 Å². The molecular weight excluding hydrogens is 172 g/mol. The van der Waals surface area contributed by atoms with Gasteiger partial charge in [0.05, 0.1) is 6.54 Å². The van der Waals surface area contributed by atoms with Crippen molar-refractivity contribution < 1.29 is 5.11 Å². The van der Waals surface area contributed by atoms with Gasteiger partial charge in [0.15, 0.2) is 0 Å². The van der Waals surface area contributed by atoms with E-state index >= 15 is 0 Å². The average molecular weight is 180 g/mol. The zero-order valence-corrected chi connectivity index (χ0v) is 6.65. The molecule has 0 aliphatic heterocycles. The first-order valence-corrected chi connectivity index (χ1v) is 2.56. The highest BCUT2D eigenvalue weighted by Crippen LogP contribution is 2.13. The number of rotatable bonds is 2. The molecule has 0 rings (SSSR count). The van der Waals surface area contributed by atoms with Crippen LogP contribution in [0.4, 0.5) is 0 Å². The van der Waals surface area contributed by atoms with Crippen LogP contribution < -0.4 is 5.32 Å². The van der Waals surface area contributed by atoms with Crippen molar-refractivity contribution in [2.75, 3.05) is 13.6 Å². The second-order valence-corrected chi connectivity index (χ2v) is 2.64. The monoisotopic (exact) mass is 179 g/mol. The number of alkyl halides is 2. The van der Waals surface area contributed by atoms with Gasteiger partial charge >= 0.3 is 0 Å². The third kappa shape index (κ3) is 9.92. The fraction of sp³-hybridized carbons (Fsp3) is 1.00. The Morgan fingerprint density at radius 1 is 1.62 bits per heavy atom. The maximum atomic E-state index is 8.49. The van der Waals surface area contributed by atoms with Crippen molar-refractivity contribution in [2.24, 2.45) is 0 Å². The third-order valence-corrected chi connectivity index (χ3v) is 0.657. The van der Waals surface area contributed by atoms with Crippen LogP contribution in [-0.2, 0) is 0 Å². The smallest absolute Gasteiger partial charge is 0.227 e. The van der Waals surface area contributed by atoms with Crippen LogP contribution in [0.1, 0.15) is 0 Å². The molecule has 2 N–H and O–H groups in total. The Kier molecular flexibility index (Phi) is 6.72. The molecular formula is C3H8Cl3NO. The van der Waals surface area contributed by atoms with Crippen LogP contribution in [0.2, 0.25) is 0 Å². The van der Waals surface area contributed by atoms with Gasteiger partial charge in [0.2, 0.25) is 4.52 Å². The van der Waals surface area contributed by atoms with E-state index < -0.39 is 4.52 Å². The molecule has 0 aliphatic rings. The Hall–Kier alpha value is 0.790. The van der Waals surface area contributed by atoms with Crippen LogP contribution in [0, 0.1) is 0 Å². The maximum Gasteiger partial charge on any atom is 0.227 e. The number of likely N-dealkylation sites (N-methyl/N-ethyl adjacent to an activating group) is 1. The fourth-order valence-electron chi connectivity index (χ4n) is 0.213. The first-order chi connectivity index (χ1) is 3.06. The Bertz CT molecular complexity index is 53.0. The number of halogens is 3. The molecule has 8 heavy (non-hydrogen) atoms. The zero-order chi connectivity index (χ0) is 5.91. The molecule has 0 saturated heterocycles. The predicted octanol–water partition coefficient (Wildman–Crippen LogP) is 0.751. The molecule has 0 spiro atoms. The minimum Gasteiger partial charge on any atom is -0.362 e. The fourth-order valence-corrected chi connectivity index (χ4v) is 0.480. The lowest BCUT2D eigenvalue weighted by molar-refractivity contribution is 0.214. The van der Waals surface area contributed by atoms with E-state index in [1.54, 1.807) is 7.05 Å². The van der Waals surface area contributed by atoms with Crippen LogP contribution >= 0.6 is 35.6 Å². The second kappa shape index (κ2) is 4.65. The molecule has 0 aromatic heterocycles. The molecule has 0 fully saturated rings. The average Bonchev–Trinajstić information content (AvgIpc) is 1.30. The molecule has 0 radical (unpaired) electrons. The molecule has 5 heteroatoms. The summed E-state index contributed by atoms with van der Waals surface area (Å²) in [6, 6.07) is 0. The van der Waals surface area contributed by atoms with Crippen LogP contribution in [0.3, 0.4) is 0 Å². The van der Waals surface area contributed by atoms with Crippen LogP contribution in [0.15, 0.2) is 0 Å². The molecule has 0 aromatic carbocycles. The lowest BCUT2D eigenvalue weighted by atomic mass is 10.7. The Labute approximate surface area is 64.6 Å². The second-order valence-electron chi connectivity index (χ2n) is 1.20. The molecule has 0 atom stereocenters. The highest BCUT2D eigenvalue weighted by Gasteiger charge is 2.15. The van der Waals surface area contributed by atoms with E-state index in [0.717, 1.165) is 0 Å². The van der Waals surface area contributed by atoms with Gasteiger partial charge in [-0.15, -0.1) is 12.4 Å². The molecule has 0 amide bonds. The first kappa shape index (κ1) is 11.6. The normalized spacial score (nSPS) is 10.5. The molecule has 0 unspecified atom stereocenters. The van der Waals surface area contributed by atoms with Crippen molar-refractivity contribution in [3.05, 3.63) is 0 Å². The van der Waals surface area contributed by atoms with Crippen molar-refractivity contribution in [1.29, 1.82) is 0 Å². The Morgan fingerprint density at radius 3 is 2.00 bits per heavy atom. The van der Waals surface area contributed by atoms with E-state index in [-0.39, 0.29) is 19.0 Å². The molecule has 0 aromatic rings.